The number of nitrogens with one attached hydrogen (secondary N) is 2. The summed E-state index contributed by atoms with van der Waals surface area (Å²) in [5.74, 6) is 0.419. The molecule has 2 rings (SSSR count). The van der Waals surface area contributed by atoms with Crippen LogP contribution in [0.25, 0.3) is 10.9 Å². The minimum absolute atomic E-state index is 0.103. The van der Waals surface area contributed by atoms with E-state index in [1.165, 1.54) is 10.9 Å². The second-order valence-corrected chi connectivity index (χ2v) is 6.15. The van der Waals surface area contributed by atoms with Crippen LogP contribution in [0.5, 0.6) is 0 Å². The van der Waals surface area contributed by atoms with Crippen molar-refractivity contribution in [3.63, 3.8) is 0 Å². The molecule has 0 aliphatic rings. The lowest BCUT2D eigenvalue weighted by molar-refractivity contribution is -0.124. The average Bonchev–Trinajstić information content (AvgIpc) is 2.88. The summed E-state index contributed by atoms with van der Waals surface area (Å²) in [7, 11) is 0. The summed E-state index contributed by atoms with van der Waals surface area (Å²) in [5, 5.41) is 4.65. The van der Waals surface area contributed by atoms with Crippen molar-refractivity contribution in [1.82, 2.24) is 10.3 Å². The van der Waals surface area contributed by atoms with Crippen LogP contribution in [0.2, 0.25) is 0 Å². The van der Waals surface area contributed by atoms with Gasteiger partial charge in [-0.1, -0.05) is 45.9 Å². The van der Waals surface area contributed by atoms with Crippen molar-refractivity contribution in [3.8, 4) is 0 Å². The predicted molar refractivity (Wildman–Crippen MR) is 88.5 cm³/mol. The Bertz CT molecular complexity index is 600. The van der Waals surface area contributed by atoms with Crippen molar-refractivity contribution in [1.29, 1.82) is 0 Å². The van der Waals surface area contributed by atoms with Crippen molar-refractivity contribution in [2.45, 2.75) is 52.6 Å². The maximum atomic E-state index is 12.6. The van der Waals surface area contributed by atoms with Gasteiger partial charge in [0.1, 0.15) is 0 Å². The van der Waals surface area contributed by atoms with Gasteiger partial charge in [-0.2, -0.15) is 0 Å². The second kappa shape index (κ2) is 6.90. The van der Waals surface area contributed by atoms with Gasteiger partial charge in [-0.3, -0.25) is 4.79 Å². The first-order valence-corrected chi connectivity index (χ1v) is 7.87. The Morgan fingerprint density at radius 2 is 1.95 bits per heavy atom. The molecule has 1 aromatic carbocycles. The lowest BCUT2D eigenvalue weighted by Crippen LogP contribution is -2.44. The summed E-state index contributed by atoms with van der Waals surface area (Å²) in [6.07, 6.45) is 3.66. The lowest BCUT2D eigenvalue weighted by Gasteiger charge is -2.22. The average molecular weight is 286 g/mol. The Balaban J connectivity index is 2.24. The van der Waals surface area contributed by atoms with E-state index < -0.39 is 0 Å². The Kier molecular flexibility index (Phi) is 5.18. The molecule has 3 heteroatoms. The van der Waals surface area contributed by atoms with Crippen LogP contribution in [-0.2, 0) is 11.2 Å². The van der Waals surface area contributed by atoms with E-state index in [0.717, 1.165) is 18.4 Å². The number of hydrogen-bond acceptors (Lipinski definition) is 2. The van der Waals surface area contributed by atoms with E-state index in [1.807, 2.05) is 25.3 Å². The Morgan fingerprint density at radius 3 is 2.62 bits per heavy atom. The zero-order valence-electron chi connectivity index (χ0n) is 13.4. The van der Waals surface area contributed by atoms with E-state index in [2.05, 4.69) is 43.2 Å². The van der Waals surface area contributed by atoms with E-state index >= 15 is 0 Å². The smallest absolute Gasteiger partial charge is 0.152 e. The number of fused-ring (bicyclic) bond motifs is 1. The highest BCUT2D eigenvalue weighted by molar-refractivity contribution is 5.88. The molecule has 3 nitrogen and oxygen atoms in total. The van der Waals surface area contributed by atoms with Gasteiger partial charge in [-0.25, -0.2) is 0 Å². The van der Waals surface area contributed by atoms with Gasteiger partial charge in [0.2, 0.25) is 0 Å². The molecule has 2 atom stereocenters. The van der Waals surface area contributed by atoms with E-state index in [1.54, 1.807) is 0 Å². The van der Waals surface area contributed by atoms with Crippen molar-refractivity contribution >= 4 is 16.7 Å². The molecule has 0 saturated carbocycles. The van der Waals surface area contributed by atoms with Crippen LogP contribution < -0.4 is 5.32 Å². The summed E-state index contributed by atoms with van der Waals surface area (Å²) < 4.78 is 0. The van der Waals surface area contributed by atoms with Crippen LogP contribution in [0, 0.1) is 5.92 Å². The monoisotopic (exact) mass is 286 g/mol. The van der Waals surface area contributed by atoms with Gasteiger partial charge in [-0.15, -0.1) is 0 Å². The van der Waals surface area contributed by atoms with Crippen LogP contribution >= 0.6 is 0 Å². The summed E-state index contributed by atoms with van der Waals surface area (Å²) in [4.78, 5) is 15.9. The molecule has 2 aromatic rings. The number of aromatic nitrogens is 1. The first kappa shape index (κ1) is 15.8. The number of carbonyl (C=O) groups excluding carboxylic acids is 1. The van der Waals surface area contributed by atoms with Crippen LogP contribution in [0.15, 0.2) is 30.5 Å². The number of hydrogen-bond donors (Lipinski definition) is 2. The van der Waals surface area contributed by atoms with Crippen LogP contribution in [0.4, 0.5) is 0 Å². The van der Waals surface area contributed by atoms with E-state index in [4.69, 9.17) is 0 Å². The number of H-pyrrole nitrogens is 1. The molecule has 0 aliphatic heterocycles. The first-order valence-electron chi connectivity index (χ1n) is 7.87. The van der Waals surface area contributed by atoms with Crippen molar-refractivity contribution < 1.29 is 4.79 Å². The number of Topliss-reactive ketones (excluding diaryl/α,β-unsaturated/α-hetero) is 1. The summed E-state index contributed by atoms with van der Waals surface area (Å²) in [5.41, 5.74) is 2.34. The normalized spacial score (nSPS) is 14.5. The fraction of sp³-hybridized carbons (Fsp3) is 0.500. The third-order valence-electron chi connectivity index (χ3n) is 4.07. The number of rotatable bonds is 7. The van der Waals surface area contributed by atoms with Crippen molar-refractivity contribution in [2.75, 3.05) is 0 Å². The zero-order chi connectivity index (χ0) is 15.4. The molecule has 0 radical (unpaired) electrons. The molecule has 0 amide bonds. The molecule has 0 spiro atoms. The molecule has 1 aromatic heterocycles. The molecule has 0 aliphatic carbocycles. The topological polar surface area (TPSA) is 44.9 Å². The number of carbonyl (C=O) groups is 1. The molecule has 1 heterocycles. The lowest BCUT2D eigenvalue weighted by atomic mass is 9.92. The van der Waals surface area contributed by atoms with Gasteiger partial charge in [-0.05, 0) is 24.5 Å². The summed E-state index contributed by atoms with van der Waals surface area (Å²) in [6.45, 7) is 8.27. The molecular weight excluding hydrogens is 260 g/mol. The van der Waals surface area contributed by atoms with Gasteiger partial charge in [0, 0.05) is 29.1 Å². The number of para-hydroxylation sites is 1. The van der Waals surface area contributed by atoms with Gasteiger partial charge in [0.25, 0.3) is 0 Å². The molecule has 2 N–H and O–H groups in total. The Hall–Kier alpha value is -1.61. The Labute approximate surface area is 127 Å². The second-order valence-electron chi connectivity index (χ2n) is 6.15. The van der Waals surface area contributed by atoms with Crippen LogP contribution in [-0.4, -0.2) is 22.9 Å². The number of benzene rings is 1. The van der Waals surface area contributed by atoms with E-state index in [9.17, 15) is 4.79 Å². The van der Waals surface area contributed by atoms with Crippen LogP contribution in [0.3, 0.4) is 0 Å². The molecule has 21 heavy (non-hydrogen) atoms. The zero-order valence-corrected chi connectivity index (χ0v) is 13.4. The largest absolute Gasteiger partial charge is 0.361 e. The highest BCUT2D eigenvalue weighted by atomic mass is 16.1. The molecule has 114 valence electrons. The highest BCUT2D eigenvalue weighted by Gasteiger charge is 2.24. The quantitative estimate of drug-likeness (QED) is 0.815. The van der Waals surface area contributed by atoms with E-state index in [0.29, 0.717) is 11.8 Å². The standard InChI is InChI=1S/C18H26N2O/c1-5-13(4)18(21)17(20-12(2)3)10-14-11-19-16-9-7-6-8-15(14)16/h6-9,11-13,17,19-20H,5,10H2,1-4H3. The van der Waals surface area contributed by atoms with Crippen molar-refractivity contribution in [2.24, 2.45) is 5.92 Å². The van der Waals surface area contributed by atoms with Crippen LogP contribution in [0.1, 0.15) is 39.7 Å². The highest BCUT2D eigenvalue weighted by Crippen LogP contribution is 2.20. The molecule has 0 saturated heterocycles. The molecule has 2 unspecified atom stereocenters. The third kappa shape index (κ3) is 3.73. The number of ketones is 1. The van der Waals surface area contributed by atoms with Gasteiger partial charge < -0.3 is 10.3 Å². The molecular formula is C18H26N2O. The SMILES string of the molecule is CCC(C)C(=O)C(Cc1c[nH]c2ccccc12)NC(C)C. The fourth-order valence-corrected chi connectivity index (χ4v) is 2.71. The summed E-state index contributed by atoms with van der Waals surface area (Å²) in [6, 6.07) is 8.44. The Morgan fingerprint density at radius 1 is 1.24 bits per heavy atom. The van der Waals surface area contributed by atoms with E-state index in [-0.39, 0.29) is 12.0 Å². The molecule has 0 bridgehead atoms. The van der Waals surface area contributed by atoms with Gasteiger partial charge in [0.05, 0.1) is 6.04 Å². The molecule has 0 fully saturated rings. The minimum atomic E-state index is -0.112. The van der Waals surface area contributed by atoms with Gasteiger partial charge >= 0.3 is 0 Å². The number of aromatic amines is 1. The summed E-state index contributed by atoms with van der Waals surface area (Å²) >= 11 is 0. The fourth-order valence-electron chi connectivity index (χ4n) is 2.71. The minimum Gasteiger partial charge on any atom is -0.361 e. The predicted octanol–water partition coefficient (Wildman–Crippen LogP) is 3.69. The first-order chi connectivity index (χ1) is 10.0. The van der Waals surface area contributed by atoms with Gasteiger partial charge in [0.15, 0.2) is 5.78 Å². The third-order valence-corrected chi connectivity index (χ3v) is 4.07. The maximum Gasteiger partial charge on any atom is 0.152 e. The maximum absolute atomic E-state index is 12.6. The van der Waals surface area contributed by atoms with Crippen molar-refractivity contribution in [3.05, 3.63) is 36.0 Å².